The van der Waals surface area contributed by atoms with Crippen LogP contribution >= 0.6 is 0 Å². The van der Waals surface area contributed by atoms with Gasteiger partial charge in [0.05, 0.1) is 0 Å². The predicted octanol–water partition coefficient (Wildman–Crippen LogP) is 1.40. The van der Waals surface area contributed by atoms with Gasteiger partial charge in [-0.3, -0.25) is 0 Å². The van der Waals surface area contributed by atoms with Gasteiger partial charge in [-0.1, -0.05) is 6.07 Å². The van der Waals surface area contributed by atoms with Crippen LogP contribution in [-0.4, -0.2) is 24.8 Å². The molecule has 3 nitrogen and oxygen atoms in total. The van der Waals surface area contributed by atoms with E-state index in [4.69, 9.17) is 10.8 Å². The molecule has 1 aromatic rings. The average Bonchev–Trinajstić information content (AvgIpc) is 2.70. The number of aliphatic hydroxyl groups excluding tert-OH is 1. The molecule has 0 radical (unpaired) electrons. The normalized spacial score (nSPS) is 20.9. The van der Waals surface area contributed by atoms with E-state index in [-0.39, 0.29) is 6.61 Å². The van der Waals surface area contributed by atoms with Gasteiger partial charge in [0, 0.05) is 37.0 Å². The van der Waals surface area contributed by atoms with E-state index in [9.17, 15) is 0 Å². The summed E-state index contributed by atoms with van der Waals surface area (Å²) in [7, 11) is 0. The number of benzene rings is 1. The van der Waals surface area contributed by atoms with E-state index in [0.717, 1.165) is 30.8 Å². The minimum Gasteiger partial charge on any atom is -0.398 e. The molecule has 0 spiro atoms. The number of hydrogen-bond donors (Lipinski definition) is 2. The second-order valence-electron chi connectivity index (χ2n) is 4.32. The molecule has 1 unspecified atom stereocenters. The summed E-state index contributed by atoms with van der Waals surface area (Å²) in [5.41, 5.74) is 9.02. The van der Waals surface area contributed by atoms with Gasteiger partial charge in [0.1, 0.15) is 0 Å². The van der Waals surface area contributed by atoms with E-state index in [1.54, 1.807) is 0 Å². The van der Waals surface area contributed by atoms with Gasteiger partial charge in [-0.05, 0) is 31.0 Å². The molecule has 1 heterocycles. The fourth-order valence-corrected chi connectivity index (χ4v) is 2.04. The lowest BCUT2D eigenvalue weighted by Gasteiger charge is -2.19. The number of anilines is 2. The Labute approximate surface area is 90.5 Å². The van der Waals surface area contributed by atoms with Crippen LogP contribution in [0.4, 0.5) is 11.4 Å². The zero-order valence-electron chi connectivity index (χ0n) is 9.11. The number of rotatable bonds is 2. The van der Waals surface area contributed by atoms with Crippen molar-refractivity contribution < 1.29 is 5.11 Å². The highest BCUT2D eigenvalue weighted by Gasteiger charge is 2.21. The maximum Gasteiger partial charge on any atom is 0.0476 e. The quantitative estimate of drug-likeness (QED) is 0.719. The van der Waals surface area contributed by atoms with E-state index in [2.05, 4.69) is 17.0 Å². The summed E-state index contributed by atoms with van der Waals surface area (Å²) in [6, 6.07) is 6.18. The van der Waals surface area contributed by atoms with E-state index in [1.165, 1.54) is 5.69 Å². The van der Waals surface area contributed by atoms with Gasteiger partial charge >= 0.3 is 0 Å². The fraction of sp³-hybridized carbons (Fsp3) is 0.500. The lowest BCUT2D eigenvalue weighted by molar-refractivity contribution is 0.238. The predicted molar refractivity (Wildman–Crippen MR) is 63.0 cm³/mol. The lowest BCUT2D eigenvalue weighted by Crippen LogP contribution is -2.20. The fourth-order valence-electron chi connectivity index (χ4n) is 2.04. The van der Waals surface area contributed by atoms with Crippen molar-refractivity contribution in [3.05, 3.63) is 23.8 Å². The van der Waals surface area contributed by atoms with Crippen LogP contribution in [0, 0.1) is 12.8 Å². The molecule has 0 aliphatic carbocycles. The van der Waals surface area contributed by atoms with Crippen molar-refractivity contribution in [2.45, 2.75) is 13.3 Å². The minimum atomic E-state index is 0.290. The van der Waals surface area contributed by atoms with Crippen LogP contribution < -0.4 is 10.6 Å². The Morgan fingerprint density at radius 1 is 1.53 bits per heavy atom. The van der Waals surface area contributed by atoms with Gasteiger partial charge in [-0.25, -0.2) is 0 Å². The van der Waals surface area contributed by atoms with Crippen molar-refractivity contribution >= 4 is 11.4 Å². The Bertz CT molecular complexity index is 351. The molecule has 2 rings (SSSR count). The monoisotopic (exact) mass is 206 g/mol. The average molecular weight is 206 g/mol. The van der Waals surface area contributed by atoms with Gasteiger partial charge in [0.25, 0.3) is 0 Å². The molecule has 82 valence electrons. The highest BCUT2D eigenvalue weighted by Crippen LogP contribution is 2.26. The van der Waals surface area contributed by atoms with Crippen LogP contribution in [0.2, 0.25) is 0 Å². The summed E-state index contributed by atoms with van der Waals surface area (Å²) in [4.78, 5) is 2.29. The first kappa shape index (κ1) is 10.3. The van der Waals surface area contributed by atoms with Crippen molar-refractivity contribution in [1.29, 1.82) is 0 Å². The highest BCUT2D eigenvalue weighted by atomic mass is 16.3. The minimum absolute atomic E-state index is 0.290. The third-order valence-electron chi connectivity index (χ3n) is 3.17. The van der Waals surface area contributed by atoms with E-state index in [1.807, 2.05) is 13.0 Å². The number of nitrogens with two attached hydrogens (primary N) is 1. The number of hydrogen-bond acceptors (Lipinski definition) is 3. The maximum atomic E-state index is 9.08. The first-order valence-corrected chi connectivity index (χ1v) is 5.42. The van der Waals surface area contributed by atoms with Crippen molar-refractivity contribution in [2.75, 3.05) is 30.3 Å². The molecular weight excluding hydrogens is 188 g/mol. The highest BCUT2D eigenvalue weighted by molar-refractivity contribution is 5.60. The van der Waals surface area contributed by atoms with E-state index >= 15 is 0 Å². The molecule has 3 heteroatoms. The Morgan fingerprint density at radius 3 is 2.93 bits per heavy atom. The van der Waals surface area contributed by atoms with Gasteiger partial charge in [-0.2, -0.15) is 0 Å². The molecule has 1 saturated heterocycles. The Balaban J connectivity index is 2.13. The lowest BCUT2D eigenvalue weighted by atomic mass is 10.1. The number of nitrogen functional groups attached to an aromatic ring is 1. The van der Waals surface area contributed by atoms with Crippen LogP contribution in [0.1, 0.15) is 12.0 Å². The number of nitrogens with zero attached hydrogens (tertiary/aromatic N) is 1. The number of aliphatic hydroxyl groups is 1. The summed E-state index contributed by atoms with van der Waals surface area (Å²) in [5.74, 6) is 0.424. The SMILES string of the molecule is Cc1ccc(N2CCC(CO)C2)cc1N. The van der Waals surface area contributed by atoms with Gasteiger partial charge < -0.3 is 15.7 Å². The molecule has 1 aliphatic heterocycles. The Kier molecular flexibility index (Phi) is 2.82. The summed E-state index contributed by atoms with van der Waals surface area (Å²) in [6.45, 7) is 4.27. The standard InChI is InChI=1S/C12H18N2O/c1-9-2-3-11(6-12(9)13)14-5-4-10(7-14)8-15/h2-3,6,10,15H,4-5,7-8,13H2,1H3. The van der Waals surface area contributed by atoms with Crippen LogP contribution in [-0.2, 0) is 0 Å². The zero-order chi connectivity index (χ0) is 10.8. The molecule has 1 aliphatic rings. The topological polar surface area (TPSA) is 49.5 Å². The first-order valence-electron chi connectivity index (χ1n) is 5.42. The second kappa shape index (κ2) is 4.11. The summed E-state index contributed by atoms with van der Waals surface area (Å²) < 4.78 is 0. The van der Waals surface area contributed by atoms with Crippen LogP contribution in [0.5, 0.6) is 0 Å². The largest absolute Gasteiger partial charge is 0.398 e. The van der Waals surface area contributed by atoms with E-state index in [0.29, 0.717) is 5.92 Å². The molecular formula is C12H18N2O. The van der Waals surface area contributed by atoms with Gasteiger partial charge in [0.15, 0.2) is 0 Å². The molecule has 1 fully saturated rings. The molecule has 3 N–H and O–H groups in total. The van der Waals surface area contributed by atoms with Crippen LogP contribution in [0.15, 0.2) is 18.2 Å². The van der Waals surface area contributed by atoms with Crippen molar-refractivity contribution in [3.63, 3.8) is 0 Å². The molecule has 0 aromatic heterocycles. The summed E-state index contributed by atoms with van der Waals surface area (Å²) >= 11 is 0. The number of aryl methyl sites for hydroxylation is 1. The molecule has 0 bridgehead atoms. The zero-order valence-corrected chi connectivity index (χ0v) is 9.11. The summed E-state index contributed by atoms with van der Waals surface area (Å²) in [6.07, 6.45) is 1.07. The van der Waals surface area contributed by atoms with E-state index < -0.39 is 0 Å². The maximum absolute atomic E-state index is 9.08. The van der Waals surface area contributed by atoms with Crippen molar-refractivity contribution in [1.82, 2.24) is 0 Å². The first-order chi connectivity index (χ1) is 7.20. The molecule has 0 amide bonds. The van der Waals surface area contributed by atoms with Crippen molar-refractivity contribution in [3.8, 4) is 0 Å². The van der Waals surface area contributed by atoms with Crippen LogP contribution in [0.25, 0.3) is 0 Å². The smallest absolute Gasteiger partial charge is 0.0476 e. The third kappa shape index (κ3) is 2.07. The third-order valence-corrected chi connectivity index (χ3v) is 3.17. The summed E-state index contributed by atoms with van der Waals surface area (Å²) in [5, 5.41) is 9.08. The molecule has 1 aromatic carbocycles. The molecule has 0 saturated carbocycles. The van der Waals surface area contributed by atoms with Gasteiger partial charge in [-0.15, -0.1) is 0 Å². The second-order valence-corrected chi connectivity index (χ2v) is 4.32. The molecule has 1 atom stereocenters. The molecule has 15 heavy (non-hydrogen) atoms. The van der Waals surface area contributed by atoms with Crippen LogP contribution in [0.3, 0.4) is 0 Å². The van der Waals surface area contributed by atoms with Crippen molar-refractivity contribution in [2.24, 2.45) is 5.92 Å². The Hall–Kier alpha value is -1.22. The van der Waals surface area contributed by atoms with Gasteiger partial charge in [0.2, 0.25) is 0 Å². The Morgan fingerprint density at radius 2 is 2.33 bits per heavy atom.